The average Bonchev–Trinajstić information content (AvgIpc) is 3.28. The average molecular weight is 416 g/mol. The molecule has 3 aliphatic rings. The number of hydrogen-bond acceptors (Lipinski definition) is 5. The summed E-state index contributed by atoms with van der Waals surface area (Å²) in [5, 5.41) is 6.73. The van der Waals surface area contributed by atoms with Crippen molar-refractivity contribution in [2.24, 2.45) is 11.3 Å². The number of aryl methyl sites for hydroxylation is 2. The van der Waals surface area contributed by atoms with Crippen LogP contribution in [0.5, 0.6) is 0 Å². The molecule has 2 N–H and O–H groups in total. The van der Waals surface area contributed by atoms with Crippen LogP contribution in [0.25, 0.3) is 0 Å². The maximum Gasteiger partial charge on any atom is 0.223 e. The molecular weight excluding hydrogens is 385 g/mol. The lowest BCUT2D eigenvalue weighted by molar-refractivity contribution is -0.124. The molecule has 3 heterocycles. The second-order valence-corrected chi connectivity index (χ2v) is 8.05. The highest BCUT2D eigenvalue weighted by atomic mass is 35.5. The first-order valence-corrected chi connectivity index (χ1v) is 9.64. The Morgan fingerprint density at radius 2 is 1.85 bits per heavy atom. The SMILES string of the molecule is Cc1cc(N2CCC(NC(=O)C3CC34CCNCC4)CC2)nc(C)n1.Cl.Cl. The molecule has 1 atom stereocenters. The van der Waals surface area contributed by atoms with Crippen LogP contribution in [0.4, 0.5) is 5.82 Å². The molecule has 2 aliphatic heterocycles. The van der Waals surface area contributed by atoms with E-state index in [1.165, 1.54) is 0 Å². The molecule has 0 aromatic carbocycles. The number of amides is 1. The van der Waals surface area contributed by atoms with Crippen LogP contribution in [0.3, 0.4) is 0 Å². The van der Waals surface area contributed by atoms with Crippen molar-refractivity contribution in [3.8, 4) is 0 Å². The summed E-state index contributed by atoms with van der Waals surface area (Å²) in [6.45, 7) is 7.98. The van der Waals surface area contributed by atoms with E-state index < -0.39 is 0 Å². The van der Waals surface area contributed by atoms with Gasteiger partial charge in [-0.3, -0.25) is 4.79 Å². The van der Waals surface area contributed by atoms with E-state index in [2.05, 4.69) is 31.6 Å². The fourth-order valence-electron chi connectivity index (χ4n) is 4.61. The largest absolute Gasteiger partial charge is 0.356 e. The van der Waals surface area contributed by atoms with E-state index in [1.807, 2.05) is 13.8 Å². The third-order valence-electron chi connectivity index (χ3n) is 6.22. The van der Waals surface area contributed by atoms with Gasteiger partial charge in [0.1, 0.15) is 11.6 Å². The normalized spacial score (nSPS) is 23.9. The second-order valence-electron chi connectivity index (χ2n) is 8.05. The summed E-state index contributed by atoms with van der Waals surface area (Å²) in [6, 6.07) is 2.36. The summed E-state index contributed by atoms with van der Waals surface area (Å²) in [4.78, 5) is 23.8. The number of halogens is 2. The molecule has 8 heteroatoms. The van der Waals surface area contributed by atoms with E-state index in [1.54, 1.807) is 0 Å². The van der Waals surface area contributed by atoms with Crippen molar-refractivity contribution in [1.29, 1.82) is 0 Å². The molecular formula is C19H31Cl2N5O. The number of carbonyl (C=O) groups is 1. The van der Waals surface area contributed by atoms with Crippen molar-refractivity contribution in [2.75, 3.05) is 31.1 Å². The number of nitrogens with one attached hydrogen (secondary N) is 2. The number of nitrogens with zero attached hydrogens (tertiary/aromatic N) is 3. The van der Waals surface area contributed by atoms with Crippen LogP contribution in [0.1, 0.15) is 43.6 Å². The van der Waals surface area contributed by atoms with Gasteiger partial charge in [-0.15, -0.1) is 24.8 Å². The van der Waals surface area contributed by atoms with Gasteiger partial charge in [-0.2, -0.15) is 0 Å². The van der Waals surface area contributed by atoms with Crippen molar-refractivity contribution in [2.45, 2.75) is 52.0 Å². The van der Waals surface area contributed by atoms with Crippen LogP contribution < -0.4 is 15.5 Å². The molecule has 1 saturated carbocycles. The van der Waals surface area contributed by atoms with Gasteiger partial charge in [-0.25, -0.2) is 9.97 Å². The molecule has 1 spiro atoms. The Balaban J connectivity index is 0.00000131. The lowest BCUT2D eigenvalue weighted by Gasteiger charge is -2.33. The zero-order valence-electron chi connectivity index (χ0n) is 16.2. The molecule has 1 aliphatic carbocycles. The van der Waals surface area contributed by atoms with Gasteiger partial charge in [0, 0.05) is 36.8 Å². The van der Waals surface area contributed by atoms with Gasteiger partial charge in [0.2, 0.25) is 5.91 Å². The van der Waals surface area contributed by atoms with E-state index in [9.17, 15) is 4.79 Å². The minimum Gasteiger partial charge on any atom is -0.356 e. The van der Waals surface area contributed by atoms with E-state index in [0.29, 0.717) is 17.4 Å². The van der Waals surface area contributed by atoms with Gasteiger partial charge >= 0.3 is 0 Å². The lowest BCUT2D eigenvalue weighted by Crippen LogP contribution is -2.46. The van der Waals surface area contributed by atoms with E-state index in [4.69, 9.17) is 0 Å². The number of carbonyl (C=O) groups excluding carboxylic acids is 1. The van der Waals surface area contributed by atoms with Crippen molar-refractivity contribution >= 4 is 36.5 Å². The highest BCUT2D eigenvalue weighted by Crippen LogP contribution is 2.58. The molecule has 1 aromatic heterocycles. The van der Waals surface area contributed by atoms with Crippen LogP contribution in [0.15, 0.2) is 6.07 Å². The molecule has 6 nitrogen and oxygen atoms in total. The molecule has 152 valence electrons. The number of anilines is 1. The third-order valence-corrected chi connectivity index (χ3v) is 6.22. The van der Waals surface area contributed by atoms with Crippen LogP contribution in [0.2, 0.25) is 0 Å². The molecule has 2 saturated heterocycles. The minimum atomic E-state index is 0. The van der Waals surface area contributed by atoms with Gasteiger partial charge < -0.3 is 15.5 Å². The topological polar surface area (TPSA) is 70.2 Å². The van der Waals surface area contributed by atoms with Gasteiger partial charge in [-0.05, 0) is 64.5 Å². The van der Waals surface area contributed by atoms with Crippen LogP contribution >= 0.6 is 24.8 Å². The second kappa shape index (κ2) is 8.93. The first-order chi connectivity index (χ1) is 12.1. The van der Waals surface area contributed by atoms with Gasteiger partial charge in [-0.1, -0.05) is 0 Å². The number of rotatable bonds is 3. The molecule has 1 amide bonds. The van der Waals surface area contributed by atoms with Crippen LogP contribution in [-0.2, 0) is 4.79 Å². The molecule has 0 bridgehead atoms. The Morgan fingerprint density at radius 1 is 1.19 bits per heavy atom. The maximum absolute atomic E-state index is 12.6. The van der Waals surface area contributed by atoms with Gasteiger partial charge in [0.05, 0.1) is 0 Å². The maximum atomic E-state index is 12.6. The van der Waals surface area contributed by atoms with Crippen LogP contribution in [-0.4, -0.2) is 48.1 Å². The van der Waals surface area contributed by atoms with Gasteiger partial charge in [0.15, 0.2) is 0 Å². The molecule has 0 radical (unpaired) electrons. The monoisotopic (exact) mass is 415 g/mol. The quantitative estimate of drug-likeness (QED) is 0.792. The number of hydrogen-bond donors (Lipinski definition) is 2. The van der Waals surface area contributed by atoms with Crippen molar-refractivity contribution < 1.29 is 4.79 Å². The van der Waals surface area contributed by atoms with Gasteiger partial charge in [0.25, 0.3) is 0 Å². The first kappa shape index (κ1) is 22.2. The summed E-state index contributed by atoms with van der Waals surface area (Å²) >= 11 is 0. The number of piperidine rings is 2. The Labute approximate surface area is 174 Å². The first-order valence-electron chi connectivity index (χ1n) is 9.64. The van der Waals surface area contributed by atoms with Crippen molar-refractivity contribution in [3.63, 3.8) is 0 Å². The summed E-state index contributed by atoms with van der Waals surface area (Å²) < 4.78 is 0. The standard InChI is InChI=1S/C19H29N5O.2ClH/c1-13-11-17(22-14(2)21-13)24-9-3-15(4-10-24)23-18(25)16-12-19(16)5-7-20-8-6-19;;/h11,15-16,20H,3-10,12H2,1-2H3,(H,23,25);2*1H. The van der Waals surface area contributed by atoms with Crippen molar-refractivity contribution in [1.82, 2.24) is 20.6 Å². The van der Waals surface area contributed by atoms with Crippen LogP contribution in [0, 0.1) is 25.2 Å². The molecule has 27 heavy (non-hydrogen) atoms. The summed E-state index contributed by atoms with van der Waals surface area (Å²) in [5.41, 5.74) is 1.34. The smallest absolute Gasteiger partial charge is 0.223 e. The Kier molecular flexibility index (Phi) is 7.33. The van der Waals surface area contributed by atoms with E-state index in [-0.39, 0.29) is 30.7 Å². The Hall–Kier alpha value is -1.11. The Morgan fingerprint density at radius 3 is 2.48 bits per heavy atom. The summed E-state index contributed by atoms with van der Waals surface area (Å²) in [7, 11) is 0. The predicted molar refractivity (Wildman–Crippen MR) is 112 cm³/mol. The summed E-state index contributed by atoms with van der Waals surface area (Å²) in [5.74, 6) is 2.41. The zero-order chi connectivity index (χ0) is 17.4. The molecule has 3 fully saturated rings. The molecule has 1 unspecified atom stereocenters. The van der Waals surface area contributed by atoms with E-state index in [0.717, 1.165) is 75.6 Å². The Bertz CT molecular complexity index is 637. The zero-order valence-corrected chi connectivity index (χ0v) is 17.8. The van der Waals surface area contributed by atoms with Crippen molar-refractivity contribution in [3.05, 3.63) is 17.6 Å². The predicted octanol–water partition coefficient (Wildman–Crippen LogP) is 2.41. The lowest BCUT2D eigenvalue weighted by atomic mass is 9.91. The number of aromatic nitrogens is 2. The summed E-state index contributed by atoms with van der Waals surface area (Å²) in [6.07, 6.45) is 5.41. The molecule has 1 aromatic rings. The fraction of sp³-hybridized carbons (Fsp3) is 0.737. The molecule has 4 rings (SSSR count). The highest BCUT2D eigenvalue weighted by molar-refractivity contribution is 5.85. The highest BCUT2D eigenvalue weighted by Gasteiger charge is 2.57. The van der Waals surface area contributed by atoms with E-state index >= 15 is 0 Å². The fourth-order valence-corrected chi connectivity index (χ4v) is 4.61. The third kappa shape index (κ3) is 4.84. The minimum absolute atomic E-state index is 0.